The molecule has 0 aliphatic carbocycles. The van der Waals surface area contributed by atoms with Gasteiger partial charge in [0.05, 0.1) is 18.1 Å². The number of hydrogen-bond acceptors (Lipinski definition) is 4. The Balaban J connectivity index is 1.58. The molecule has 0 saturated heterocycles. The monoisotopic (exact) mass is 295 g/mol. The maximum Gasteiger partial charge on any atom is 0.222 e. The summed E-state index contributed by atoms with van der Waals surface area (Å²) >= 11 is 0. The molecule has 0 aliphatic rings. The number of aromatic nitrogens is 4. The molecule has 6 heteroatoms. The molecule has 112 valence electrons. The van der Waals surface area contributed by atoms with Crippen LogP contribution < -0.4 is 5.32 Å². The van der Waals surface area contributed by atoms with Gasteiger partial charge >= 0.3 is 0 Å². The van der Waals surface area contributed by atoms with Crippen LogP contribution in [0.25, 0.3) is 11.0 Å². The number of nitrogens with zero attached hydrogens (tertiary/aromatic N) is 4. The van der Waals surface area contributed by atoms with Crippen LogP contribution in [0, 0.1) is 0 Å². The van der Waals surface area contributed by atoms with Crippen molar-refractivity contribution < 1.29 is 4.79 Å². The fourth-order valence-corrected chi connectivity index (χ4v) is 2.32. The van der Waals surface area contributed by atoms with Crippen LogP contribution >= 0.6 is 0 Å². The van der Waals surface area contributed by atoms with E-state index in [2.05, 4.69) is 20.6 Å². The number of amides is 1. The van der Waals surface area contributed by atoms with Crippen LogP contribution in [0.1, 0.15) is 24.9 Å². The standard InChI is InChI=1S/C16H17N5O/c1-12(13-5-4-9-17-11-13)18-16(22)8-10-21-15-7-3-2-6-14(15)19-20-21/h2-7,9,11-12H,8,10H2,1H3,(H,18,22). The summed E-state index contributed by atoms with van der Waals surface area (Å²) in [6.45, 7) is 2.45. The van der Waals surface area contributed by atoms with E-state index >= 15 is 0 Å². The van der Waals surface area contributed by atoms with E-state index in [9.17, 15) is 4.79 Å². The van der Waals surface area contributed by atoms with Gasteiger partial charge < -0.3 is 5.32 Å². The summed E-state index contributed by atoms with van der Waals surface area (Å²) in [7, 11) is 0. The maximum absolute atomic E-state index is 12.1. The van der Waals surface area contributed by atoms with Gasteiger partial charge in [-0.1, -0.05) is 23.4 Å². The zero-order valence-electron chi connectivity index (χ0n) is 12.3. The molecule has 1 atom stereocenters. The smallest absolute Gasteiger partial charge is 0.222 e. The summed E-state index contributed by atoms with van der Waals surface area (Å²) in [5.74, 6) is -0.0177. The van der Waals surface area contributed by atoms with Gasteiger partial charge in [-0.15, -0.1) is 5.10 Å². The van der Waals surface area contributed by atoms with Crippen LogP contribution in [0.5, 0.6) is 0 Å². The number of nitrogens with one attached hydrogen (secondary N) is 1. The van der Waals surface area contributed by atoms with Gasteiger partial charge in [0, 0.05) is 18.8 Å². The molecule has 1 amide bonds. The van der Waals surface area contributed by atoms with Crippen molar-refractivity contribution in [1.29, 1.82) is 0 Å². The van der Waals surface area contributed by atoms with Crippen molar-refractivity contribution in [1.82, 2.24) is 25.3 Å². The Labute approximate surface area is 128 Å². The number of benzene rings is 1. The van der Waals surface area contributed by atoms with E-state index in [-0.39, 0.29) is 11.9 Å². The first kappa shape index (κ1) is 14.2. The van der Waals surface area contributed by atoms with Crippen LogP contribution in [0.3, 0.4) is 0 Å². The molecule has 22 heavy (non-hydrogen) atoms. The quantitative estimate of drug-likeness (QED) is 0.782. The van der Waals surface area contributed by atoms with Gasteiger partial charge in [-0.3, -0.25) is 9.78 Å². The van der Waals surface area contributed by atoms with Gasteiger partial charge in [0.1, 0.15) is 5.52 Å². The molecule has 1 N–H and O–H groups in total. The molecule has 2 aromatic heterocycles. The fourth-order valence-electron chi connectivity index (χ4n) is 2.32. The molecule has 2 heterocycles. The molecule has 0 aliphatic heterocycles. The van der Waals surface area contributed by atoms with Crippen molar-refractivity contribution >= 4 is 16.9 Å². The molecule has 0 spiro atoms. The first-order valence-electron chi connectivity index (χ1n) is 7.21. The third-order valence-electron chi connectivity index (χ3n) is 3.53. The highest BCUT2D eigenvalue weighted by Crippen LogP contribution is 2.12. The molecular formula is C16H17N5O. The number of rotatable bonds is 5. The van der Waals surface area contributed by atoms with Crippen molar-refractivity contribution in [3.8, 4) is 0 Å². The first-order valence-corrected chi connectivity index (χ1v) is 7.21. The van der Waals surface area contributed by atoms with E-state index in [0.717, 1.165) is 16.6 Å². The second-order valence-corrected chi connectivity index (χ2v) is 5.13. The summed E-state index contributed by atoms with van der Waals surface area (Å²) < 4.78 is 1.75. The lowest BCUT2D eigenvalue weighted by atomic mass is 10.1. The van der Waals surface area contributed by atoms with E-state index in [1.54, 1.807) is 17.1 Å². The molecule has 3 rings (SSSR count). The molecule has 3 aromatic rings. The average Bonchev–Trinajstić information content (AvgIpc) is 2.97. The topological polar surface area (TPSA) is 72.7 Å². The number of carbonyl (C=O) groups excluding carboxylic acids is 1. The number of aryl methyl sites for hydroxylation is 1. The largest absolute Gasteiger partial charge is 0.349 e. The number of pyridine rings is 1. The van der Waals surface area contributed by atoms with E-state index in [4.69, 9.17) is 0 Å². The Bertz CT molecular complexity index is 768. The molecule has 6 nitrogen and oxygen atoms in total. The lowest BCUT2D eigenvalue weighted by Gasteiger charge is -2.13. The highest BCUT2D eigenvalue weighted by Gasteiger charge is 2.11. The molecule has 1 aromatic carbocycles. The van der Waals surface area contributed by atoms with Gasteiger partial charge in [0.25, 0.3) is 0 Å². The number of carbonyl (C=O) groups is 1. The van der Waals surface area contributed by atoms with Gasteiger partial charge in [-0.05, 0) is 30.7 Å². The van der Waals surface area contributed by atoms with E-state index in [0.29, 0.717) is 13.0 Å². The summed E-state index contributed by atoms with van der Waals surface area (Å²) in [4.78, 5) is 16.1. The Morgan fingerprint density at radius 1 is 1.27 bits per heavy atom. The zero-order valence-corrected chi connectivity index (χ0v) is 12.3. The predicted molar refractivity (Wildman–Crippen MR) is 82.9 cm³/mol. The first-order chi connectivity index (χ1) is 10.7. The second kappa shape index (κ2) is 6.34. The average molecular weight is 295 g/mol. The lowest BCUT2D eigenvalue weighted by molar-refractivity contribution is -0.122. The molecule has 0 saturated carbocycles. The van der Waals surface area contributed by atoms with Crippen molar-refractivity contribution in [3.63, 3.8) is 0 Å². The molecular weight excluding hydrogens is 278 g/mol. The maximum atomic E-state index is 12.1. The van der Waals surface area contributed by atoms with Gasteiger partial charge in [0.2, 0.25) is 5.91 Å². The Kier molecular flexibility index (Phi) is 4.09. The fraction of sp³-hybridized carbons (Fsp3) is 0.250. The summed E-state index contributed by atoms with van der Waals surface area (Å²) in [6, 6.07) is 11.5. The van der Waals surface area contributed by atoms with Crippen LogP contribution in [0.15, 0.2) is 48.8 Å². The third-order valence-corrected chi connectivity index (χ3v) is 3.53. The minimum atomic E-state index is -0.0614. The summed E-state index contributed by atoms with van der Waals surface area (Å²) in [5.41, 5.74) is 2.77. The minimum absolute atomic E-state index is 0.0177. The van der Waals surface area contributed by atoms with Crippen molar-refractivity contribution in [3.05, 3.63) is 54.4 Å². The number of para-hydroxylation sites is 1. The molecule has 0 bridgehead atoms. The summed E-state index contributed by atoms with van der Waals surface area (Å²) in [6.07, 6.45) is 3.84. The Hall–Kier alpha value is -2.76. The molecule has 0 radical (unpaired) electrons. The van der Waals surface area contributed by atoms with Gasteiger partial charge in [-0.2, -0.15) is 0 Å². The third kappa shape index (κ3) is 3.11. The number of hydrogen-bond donors (Lipinski definition) is 1. The van der Waals surface area contributed by atoms with E-state index in [1.165, 1.54) is 0 Å². The van der Waals surface area contributed by atoms with Crippen LogP contribution in [0.4, 0.5) is 0 Å². The Morgan fingerprint density at radius 2 is 2.14 bits per heavy atom. The normalized spacial score (nSPS) is 12.2. The highest BCUT2D eigenvalue weighted by molar-refractivity contribution is 5.77. The zero-order chi connectivity index (χ0) is 15.4. The van der Waals surface area contributed by atoms with Crippen LogP contribution in [0.2, 0.25) is 0 Å². The van der Waals surface area contributed by atoms with Crippen molar-refractivity contribution in [2.75, 3.05) is 0 Å². The second-order valence-electron chi connectivity index (χ2n) is 5.13. The Morgan fingerprint density at radius 3 is 2.95 bits per heavy atom. The minimum Gasteiger partial charge on any atom is -0.349 e. The van der Waals surface area contributed by atoms with Gasteiger partial charge in [0.15, 0.2) is 0 Å². The summed E-state index contributed by atoms with van der Waals surface area (Å²) in [5, 5.41) is 11.1. The number of fused-ring (bicyclic) bond motifs is 1. The predicted octanol–water partition coefficient (Wildman–Crippen LogP) is 2.09. The highest BCUT2D eigenvalue weighted by atomic mass is 16.1. The van der Waals surface area contributed by atoms with E-state index < -0.39 is 0 Å². The van der Waals surface area contributed by atoms with Crippen molar-refractivity contribution in [2.24, 2.45) is 0 Å². The van der Waals surface area contributed by atoms with Crippen LogP contribution in [-0.2, 0) is 11.3 Å². The molecule has 1 unspecified atom stereocenters. The van der Waals surface area contributed by atoms with Crippen molar-refractivity contribution in [2.45, 2.75) is 25.9 Å². The van der Waals surface area contributed by atoms with Crippen LogP contribution in [-0.4, -0.2) is 25.9 Å². The SMILES string of the molecule is CC(NC(=O)CCn1nnc2ccccc21)c1cccnc1. The lowest BCUT2D eigenvalue weighted by Crippen LogP contribution is -2.27. The molecule has 0 fully saturated rings. The van der Waals surface area contributed by atoms with E-state index in [1.807, 2.05) is 43.3 Å². The van der Waals surface area contributed by atoms with Gasteiger partial charge in [-0.25, -0.2) is 4.68 Å².